The van der Waals surface area contributed by atoms with E-state index in [0.717, 1.165) is 69.0 Å². The summed E-state index contributed by atoms with van der Waals surface area (Å²) in [6.45, 7) is 5.03. The van der Waals surface area contributed by atoms with Gasteiger partial charge >= 0.3 is 0 Å². The molecule has 0 bridgehead atoms. The fraction of sp³-hybridized carbons (Fsp3) is 0.464. The number of aromatic nitrogens is 3. The fourth-order valence-electron chi connectivity index (χ4n) is 6.17. The Morgan fingerprint density at radius 1 is 1.03 bits per heavy atom. The van der Waals surface area contributed by atoms with Gasteiger partial charge in [0.2, 0.25) is 5.91 Å². The van der Waals surface area contributed by atoms with E-state index < -0.39 is 0 Å². The maximum atomic E-state index is 13.4. The number of fused-ring (bicyclic) bond motifs is 1. The van der Waals surface area contributed by atoms with Gasteiger partial charge in [0.1, 0.15) is 15.6 Å². The molecule has 36 heavy (non-hydrogen) atoms. The molecule has 3 aromatic rings. The van der Waals surface area contributed by atoms with Crippen LogP contribution >= 0.6 is 11.3 Å². The third kappa shape index (κ3) is 4.43. The minimum Gasteiger partial charge on any atom is -0.343 e. The topological polar surface area (TPSA) is 79.3 Å². The Labute approximate surface area is 215 Å². The Hall–Kier alpha value is -3.13. The van der Waals surface area contributed by atoms with E-state index in [0.29, 0.717) is 28.8 Å². The van der Waals surface area contributed by atoms with Crippen LogP contribution in [0.25, 0.3) is 10.7 Å². The maximum absolute atomic E-state index is 13.4. The highest BCUT2D eigenvalue weighted by molar-refractivity contribution is 7.17. The van der Waals surface area contributed by atoms with Gasteiger partial charge in [-0.05, 0) is 61.5 Å². The molecule has 1 aliphatic carbocycles. The smallest absolute Gasteiger partial charge is 0.265 e. The van der Waals surface area contributed by atoms with Crippen molar-refractivity contribution in [2.45, 2.75) is 45.4 Å². The number of benzene rings is 1. The molecule has 4 heterocycles. The van der Waals surface area contributed by atoms with Crippen molar-refractivity contribution >= 4 is 23.2 Å². The average molecular weight is 502 g/mol. The Balaban J connectivity index is 1.04. The Bertz CT molecular complexity index is 1260. The van der Waals surface area contributed by atoms with Crippen LogP contribution in [0.2, 0.25) is 0 Å². The summed E-state index contributed by atoms with van der Waals surface area (Å²) in [5, 5.41) is 0.732. The number of carbonyl (C=O) groups is 2. The molecule has 7 nitrogen and oxygen atoms in total. The molecular weight excluding hydrogens is 470 g/mol. The predicted octanol–water partition coefficient (Wildman–Crippen LogP) is 4.17. The van der Waals surface area contributed by atoms with E-state index in [1.165, 1.54) is 22.5 Å². The van der Waals surface area contributed by atoms with Gasteiger partial charge < -0.3 is 9.80 Å². The monoisotopic (exact) mass is 501 g/mol. The van der Waals surface area contributed by atoms with E-state index >= 15 is 0 Å². The number of hydrogen-bond acceptors (Lipinski definition) is 6. The molecule has 2 fully saturated rings. The zero-order valence-corrected chi connectivity index (χ0v) is 21.5. The number of rotatable bonds is 4. The summed E-state index contributed by atoms with van der Waals surface area (Å²) in [6.07, 6.45) is 10.6. The molecule has 1 aromatic carbocycles. The highest BCUT2D eigenvalue weighted by atomic mass is 32.1. The number of thiazole rings is 1. The highest BCUT2D eigenvalue weighted by Gasteiger charge is 2.43. The van der Waals surface area contributed by atoms with Crippen LogP contribution in [-0.4, -0.2) is 62.7 Å². The Morgan fingerprint density at radius 2 is 1.72 bits per heavy atom. The molecule has 0 N–H and O–H groups in total. The van der Waals surface area contributed by atoms with Crippen LogP contribution in [0.5, 0.6) is 0 Å². The van der Waals surface area contributed by atoms with Crippen molar-refractivity contribution in [3.8, 4) is 10.7 Å². The third-order valence-corrected chi connectivity index (χ3v) is 9.44. The zero-order chi connectivity index (χ0) is 24.7. The minimum atomic E-state index is 0.0660. The Kier molecular flexibility index (Phi) is 6.07. The standard InChI is InChI=1S/C28H31N5O2S/c1-19-25(36-26(31-19)23-17-29-9-10-30-23)27(35)33-13-8-28(18-33)6-11-32(12-7-28)24(34)16-20-14-21-4-2-3-5-22(21)15-20/h2-5,9-10,17,20H,6-8,11-16,18H2,1H3. The number of amides is 2. The van der Waals surface area contributed by atoms with Crippen LogP contribution in [0.4, 0.5) is 0 Å². The first-order valence-corrected chi connectivity index (χ1v) is 13.7. The first kappa shape index (κ1) is 23.3. The number of hydrogen-bond donors (Lipinski definition) is 0. The van der Waals surface area contributed by atoms with E-state index in [9.17, 15) is 9.59 Å². The van der Waals surface area contributed by atoms with Crippen molar-refractivity contribution in [3.63, 3.8) is 0 Å². The molecule has 2 aliphatic heterocycles. The summed E-state index contributed by atoms with van der Waals surface area (Å²) in [5.74, 6) is 0.793. The van der Waals surface area contributed by atoms with Gasteiger partial charge in [-0.2, -0.15) is 0 Å². The number of carbonyl (C=O) groups excluding carboxylic acids is 2. The van der Waals surface area contributed by atoms with Crippen molar-refractivity contribution in [1.29, 1.82) is 0 Å². The van der Waals surface area contributed by atoms with Crippen molar-refractivity contribution in [3.05, 3.63) is 64.6 Å². The molecule has 2 amide bonds. The summed E-state index contributed by atoms with van der Waals surface area (Å²) in [7, 11) is 0. The van der Waals surface area contributed by atoms with Crippen LogP contribution < -0.4 is 0 Å². The second kappa shape index (κ2) is 9.39. The van der Waals surface area contributed by atoms with Crippen LogP contribution in [0, 0.1) is 18.3 Å². The quantitative estimate of drug-likeness (QED) is 0.536. The molecule has 3 aliphatic rings. The fourth-order valence-corrected chi connectivity index (χ4v) is 7.17. The van der Waals surface area contributed by atoms with Crippen molar-refractivity contribution in [1.82, 2.24) is 24.8 Å². The molecule has 0 saturated carbocycles. The molecule has 0 atom stereocenters. The molecule has 2 saturated heterocycles. The van der Waals surface area contributed by atoms with E-state index in [-0.39, 0.29) is 11.3 Å². The molecule has 0 unspecified atom stereocenters. The second-order valence-corrected chi connectivity index (χ2v) is 11.6. The summed E-state index contributed by atoms with van der Waals surface area (Å²) in [5.41, 5.74) is 4.39. The van der Waals surface area contributed by atoms with Crippen LogP contribution in [0.1, 0.15) is 52.2 Å². The lowest BCUT2D eigenvalue weighted by molar-refractivity contribution is -0.134. The van der Waals surface area contributed by atoms with E-state index in [1.54, 1.807) is 18.6 Å². The lowest BCUT2D eigenvalue weighted by Crippen LogP contribution is -2.45. The minimum absolute atomic E-state index is 0.0660. The van der Waals surface area contributed by atoms with Crippen molar-refractivity contribution in [2.24, 2.45) is 11.3 Å². The number of piperidine rings is 1. The largest absolute Gasteiger partial charge is 0.343 e. The van der Waals surface area contributed by atoms with Gasteiger partial charge in [0.05, 0.1) is 11.9 Å². The lowest BCUT2D eigenvalue weighted by atomic mass is 9.77. The summed E-state index contributed by atoms with van der Waals surface area (Å²) < 4.78 is 0. The normalized spacial score (nSPS) is 19.1. The number of nitrogens with zero attached hydrogens (tertiary/aromatic N) is 5. The SMILES string of the molecule is Cc1nc(-c2cnccn2)sc1C(=O)N1CCC2(CCN(C(=O)CC3Cc4ccccc4C3)CC2)C1. The first-order chi connectivity index (χ1) is 17.5. The van der Waals surface area contributed by atoms with Crippen LogP contribution in [-0.2, 0) is 17.6 Å². The molecular formula is C28H31N5O2S. The van der Waals surface area contributed by atoms with Gasteiger partial charge in [-0.3, -0.25) is 19.6 Å². The van der Waals surface area contributed by atoms with Crippen molar-refractivity contribution < 1.29 is 9.59 Å². The van der Waals surface area contributed by atoms with E-state index in [4.69, 9.17) is 0 Å². The number of aryl methyl sites for hydroxylation is 1. The Morgan fingerprint density at radius 3 is 2.39 bits per heavy atom. The second-order valence-electron chi connectivity index (χ2n) is 10.6. The van der Waals surface area contributed by atoms with Gasteiger partial charge in [-0.25, -0.2) is 4.98 Å². The molecule has 8 heteroatoms. The maximum Gasteiger partial charge on any atom is 0.265 e. The molecule has 186 valence electrons. The van der Waals surface area contributed by atoms with Gasteiger partial charge in [0, 0.05) is 45.0 Å². The average Bonchev–Trinajstić information content (AvgIpc) is 3.61. The summed E-state index contributed by atoms with van der Waals surface area (Å²) >= 11 is 1.40. The van der Waals surface area contributed by atoms with Gasteiger partial charge in [-0.15, -0.1) is 11.3 Å². The van der Waals surface area contributed by atoms with Gasteiger partial charge in [0.25, 0.3) is 5.91 Å². The predicted molar refractivity (Wildman–Crippen MR) is 139 cm³/mol. The zero-order valence-electron chi connectivity index (χ0n) is 20.7. The highest BCUT2D eigenvalue weighted by Crippen LogP contribution is 2.42. The molecule has 6 rings (SSSR count). The molecule has 2 aromatic heterocycles. The van der Waals surface area contributed by atoms with Crippen LogP contribution in [0.15, 0.2) is 42.9 Å². The van der Waals surface area contributed by atoms with E-state index in [2.05, 4.69) is 44.1 Å². The summed E-state index contributed by atoms with van der Waals surface area (Å²) in [6, 6.07) is 8.58. The number of likely N-dealkylation sites (tertiary alicyclic amines) is 2. The summed E-state index contributed by atoms with van der Waals surface area (Å²) in [4.78, 5) is 44.2. The lowest BCUT2D eigenvalue weighted by Gasteiger charge is -2.39. The van der Waals surface area contributed by atoms with Gasteiger partial charge in [0.15, 0.2) is 0 Å². The third-order valence-electron chi connectivity index (χ3n) is 8.27. The molecule has 1 spiro atoms. The van der Waals surface area contributed by atoms with E-state index in [1.807, 2.05) is 11.8 Å². The first-order valence-electron chi connectivity index (χ1n) is 12.9. The van der Waals surface area contributed by atoms with Gasteiger partial charge in [-0.1, -0.05) is 24.3 Å². The van der Waals surface area contributed by atoms with Crippen LogP contribution in [0.3, 0.4) is 0 Å². The van der Waals surface area contributed by atoms with Crippen molar-refractivity contribution in [2.75, 3.05) is 26.2 Å². The molecule has 0 radical (unpaired) electrons.